The van der Waals surface area contributed by atoms with Crippen molar-refractivity contribution in [3.8, 4) is 6.07 Å². The molecule has 134 valence electrons. The molecule has 0 spiro atoms. The molecule has 1 aliphatic rings. The van der Waals surface area contributed by atoms with E-state index in [1.807, 2.05) is 38.1 Å². The highest BCUT2D eigenvalue weighted by Crippen LogP contribution is 2.22. The molecule has 0 bridgehead atoms. The number of hydrogen-bond acceptors (Lipinski definition) is 6. The lowest BCUT2D eigenvalue weighted by atomic mass is 10.1. The van der Waals surface area contributed by atoms with Crippen molar-refractivity contribution in [2.24, 2.45) is 0 Å². The molecule has 0 saturated carbocycles. The fourth-order valence-corrected chi connectivity index (χ4v) is 3.05. The Bertz CT molecular complexity index is 849. The zero-order chi connectivity index (χ0) is 18.7. The molecule has 1 amide bonds. The molecule has 2 aromatic rings. The van der Waals surface area contributed by atoms with Gasteiger partial charge < -0.3 is 15.5 Å². The van der Waals surface area contributed by atoms with Crippen molar-refractivity contribution in [2.75, 3.05) is 36.8 Å². The van der Waals surface area contributed by atoms with Crippen LogP contribution in [-0.2, 0) is 0 Å². The summed E-state index contributed by atoms with van der Waals surface area (Å²) in [5.41, 5.74) is 8.43. The van der Waals surface area contributed by atoms with Crippen molar-refractivity contribution in [1.29, 1.82) is 5.26 Å². The molecular weight excluding hydrogens is 328 g/mol. The van der Waals surface area contributed by atoms with Crippen LogP contribution in [0.3, 0.4) is 0 Å². The van der Waals surface area contributed by atoms with Gasteiger partial charge in [-0.25, -0.2) is 9.97 Å². The van der Waals surface area contributed by atoms with Gasteiger partial charge in [0, 0.05) is 31.9 Å². The Morgan fingerprint density at radius 1 is 1.19 bits per heavy atom. The number of rotatable bonds is 3. The van der Waals surface area contributed by atoms with E-state index in [0.717, 1.165) is 11.4 Å². The summed E-state index contributed by atoms with van der Waals surface area (Å²) in [5.74, 6) is 0.168. The Balaban J connectivity index is 1.72. The van der Waals surface area contributed by atoms with E-state index >= 15 is 0 Å². The lowest BCUT2D eigenvalue weighted by Crippen LogP contribution is -2.49. The zero-order valence-electron chi connectivity index (χ0n) is 15.0. The highest BCUT2D eigenvalue weighted by Gasteiger charge is 2.25. The van der Waals surface area contributed by atoms with Gasteiger partial charge >= 0.3 is 0 Å². The molecule has 7 heteroatoms. The van der Waals surface area contributed by atoms with E-state index in [0.29, 0.717) is 37.4 Å². The Morgan fingerprint density at radius 3 is 2.54 bits per heavy atom. The molecular formula is C19H22N6O. The predicted octanol–water partition coefficient (Wildman–Crippen LogP) is 2.02. The third kappa shape index (κ3) is 3.59. The van der Waals surface area contributed by atoms with Crippen molar-refractivity contribution < 1.29 is 4.79 Å². The monoisotopic (exact) mass is 350 g/mol. The van der Waals surface area contributed by atoms with Gasteiger partial charge in [0.15, 0.2) is 0 Å². The SMILES string of the molecule is CC(C)c1cc(C(=O)N2CCN(c3ccccc3C#N)CC2)nc(N)n1. The van der Waals surface area contributed by atoms with Crippen LogP contribution in [-0.4, -0.2) is 47.0 Å². The van der Waals surface area contributed by atoms with Gasteiger partial charge in [-0.1, -0.05) is 26.0 Å². The van der Waals surface area contributed by atoms with E-state index in [9.17, 15) is 10.1 Å². The molecule has 26 heavy (non-hydrogen) atoms. The molecule has 1 fully saturated rings. The highest BCUT2D eigenvalue weighted by molar-refractivity contribution is 5.92. The van der Waals surface area contributed by atoms with Crippen molar-refractivity contribution in [3.63, 3.8) is 0 Å². The standard InChI is InChI=1S/C19H22N6O/c1-13(2)15-11-16(23-19(21)22-15)18(26)25-9-7-24(8-10-25)17-6-4-3-5-14(17)12-20/h3-6,11,13H,7-10H2,1-2H3,(H2,21,22,23). The summed E-state index contributed by atoms with van der Waals surface area (Å²) in [6, 6.07) is 11.5. The number of hydrogen-bond donors (Lipinski definition) is 1. The largest absolute Gasteiger partial charge is 0.368 e. The second kappa shape index (κ2) is 7.40. The first-order chi connectivity index (χ1) is 12.5. The lowest BCUT2D eigenvalue weighted by Gasteiger charge is -2.36. The summed E-state index contributed by atoms with van der Waals surface area (Å²) in [6.07, 6.45) is 0. The van der Waals surface area contributed by atoms with Crippen LogP contribution >= 0.6 is 0 Å². The van der Waals surface area contributed by atoms with E-state index < -0.39 is 0 Å². The number of nitriles is 1. The highest BCUT2D eigenvalue weighted by atomic mass is 16.2. The minimum Gasteiger partial charge on any atom is -0.368 e. The normalized spacial score (nSPS) is 14.4. The number of anilines is 2. The Hall–Kier alpha value is -3.14. The van der Waals surface area contributed by atoms with Crippen LogP contribution in [0.1, 0.15) is 41.5 Å². The van der Waals surface area contributed by atoms with E-state index in [-0.39, 0.29) is 17.8 Å². The van der Waals surface area contributed by atoms with Gasteiger partial charge in [0.1, 0.15) is 11.8 Å². The van der Waals surface area contributed by atoms with Crippen LogP contribution < -0.4 is 10.6 Å². The van der Waals surface area contributed by atoms with Crippen LogP contribution in [0.15, 0.2) is 30.3 Å². The summed E-state index contributed by atoms with van der Waals surface area (Å²) in [7, 11) is 0. The zero-order valence-corrected chi connectivity index (χ0v) is 15.0. The molecule has 2 heterocycles. The molecule has 0 unspecified atom stereocenters. The number of benzene rings is 1. The second-order valence-corrected chi connectivity index (χ2v) is 6.60. The molecule has 0 radical (unpaired) electrons. The number of amides is 1. The minimum atomic E-state index is -0.130. The Kier molecular flexibility index (Phi) is 5.03. The van der Waals surface area contributed by atoms with Gasteiger partial charge in [-0.15, -0.1) is 0 Å². The summed E-state index contributed by atoms with van der Waals surface area (Å²) in [5, 5.41) is 9.27. The fraction of sp³-hybridized carbons (Fsp3) is 0.368. The average molecular weight is 350 g/mol. The van der Waals surface area contributed by atoms with Gasteiger partial charge in [0.05, 0.1) is 11.3 Å². The van der Waals surface area contributed by atoms with Crippen LogP contribution in [0, 0.1) is 11.3 Å². The van der Waals surface area contributed by atoms with Crippen molar-refractivity contribution >= 4 is 17.5 Å². The maximum absolute atomic E-state index is 12.8. The van der Waals surface area contributed by atoms with Gasteiger partial charge in [-0.05, 0) is 24.1 Å². The van der Waals surface area contributed by atoms with Crippen LogP contribution in [0.5, 0.6) is 0 Å². The first-order valence-electron chi connectivity index (χ1n) is 8.67. The number of nitrogen functional groups attached to an aromatic ring is 1. The fourth-order valence-electron chi connectivity index (χ4n) is 3.05. The van der Waals surface area contributed by atoms with E-state index in [1.54, 1.807) is 11.0 Å². The number of carbonyl (C=O) groups excluding carboxylic acids is 1. The van der Waals surface area contributed by atoms with E-state index in [4.69, 9.17) is 5.73 Å². The summed E-state index contributed by atoms with van der Waals surface area (Å²) in [4.78, 5) is 25.0. The summed E-state index contributed by atoms with van der Waals surface area (Å²) in [6.45, 7) is 6.48. The maximum Gasteiger partial charge on any atom is 0.272 e. The molecule has 0 aliphatic carbocycles. The number of aromatic nitrogens is 2. The molecule has 0 atom stereocenters. The topological polar surface area (TPSA) is 99.1 Å². The van der Waals surface area contributed by atoms with Gasteiger partial charge in [-0.3, -0.25) is 4.79 Å². The van der Waals surface area contributed by atoms with Crippen LogP contribution in [0.4, 0.5) is 11.6 Å². The first kappa shape index (κ1) is 17.7. The van der Waals surface area contributed by atoms with Crippen LogP contribution in [0.25, 0.3) is 0 Å². The van der Waals surface area contributed by atoms with Crippen molar-refractivity contribution in [2.45, 2.75) is 19.8 Å². The Labute approximate surface area is 153 Å². The molecule has 1 aromatic heterocycles. The third-order valence-corrected chi connectivity index (χ3v) is 4.51. The molecule has 1 saturated heterocycles. The maximum atomic E-state index is 12.8. The second-order valence-electron chi connectivity index (χ2n) is 6.60. The minimum absolute atomic E-state index is 0.126. The van der Waals surface area contributed by atoms with Crippen molar-refractivity contribution in [1.82, 2.24) is 14.9 Å². The summed E-state index contributed by atoms with van der Waals surface area (Å²) < 4.78 is 0. The molecule has 2 N–H and O–H groups in total. The molecule has 7 nitrogen and oxygen atoms in total. The van der Waals surface area contributed by atoms with E-state index in [2.05, 4.69) is 20.9 Å². The quantitative estimate of drug-likeness (QED) is 0.909. The predicted molar refractivity (Wildman–Crippen MR) is 99.8 cm³/mol. The van der Waals surface area contributed by atoms with Gasteiger partial charge in [0.25, 0.3) is 5.91 Å². The molecule has 3 rings (SSSR count). The number of piperazine rings is 1. The average Bonchev–Trinajstić information content (AvgIpc) is 2.67. The molecule has 1 aromatic carbocycles. The number of carbonyl (C=O) groups is 1. The summed E-state index contributed by atoms with van der Waals surface area (Å²) >= 11 is 0. The number of para-hydroxylation sites is 1. The number of nitrogens with zero attached hydrogens (tertiary/aromatic N) is 5. The third-order valence-electron chi connectivity index (χ3n) is 4.51. The van der Waals surface area contributed by atoms with Gasteiger partial charge in [-0.2, -0.15) is 5.26 Å². The van der Waals surface area contributed by atoms with Crippen molar-refractivity contribution in [3.05, 3.63) is 47.3 Å². The van der Waals surface area contributed by atoms with E-state index in [1.165, 1.54) is 0 Å². The smallest absolute Gasteiger partial charge is 0.272 e. The Morgan fingerprint density at radius 2 is 1.88 bits per heavy atom. The lowest BCUT2D eigenvalue weighted by molar-refractivity contribution is 0.0740. The first-order valence-corrected chi connectivity index (χ1v) is 8.67. The van der Waals surface area contributed by atoms with Gasteiger partial charge in [0.2, 0.25) is 5.95 Å². The number of nitrogens with two attached hydrogens (primary N) is 1. The molecule has 1 aliphatic heterocycles. The van der Waals surface area contributed by atoms with Crippen LogP contribution in [0.2, 0.25) is 0 Å².